The molecule has 110 valence electrons. The summed E-state index contributed by atoms with van der Waals surface area (Å²) in [6, 6.07) is 7.85. The first-order valence-electron chi connectivity index (χ1n) is 6.25. The van der Waals surface area contributed by atoms with Crippen molar-refractivity contribution in [1.82, 2.24) is 4.31 Å². The van der Waals surface area contributed by atoms with Gasteiger partial charge in [0.2, 0.25) is 0 Å². The van der Waals surface area contributed by atoms with Gasteiger partial charge in [0, 0.05) is 18.3 Å². The smallest absolute Gasteiger partial charge is 0.266 e. The van der Waals surface area contributed by atoms with Crippen LogP contribution in [-0.2, 0) is 14.8 Å². The van der Waals surface area contributed by atoms with E-state index in [1.165, 1.54) is 12.1 Å². The third kappa shape index (κ3) is 2.32. The van der Waals surface area contributed by atoms with Crippen LogP contribution in [0.2, 0.25) is 0 Å². The summed E-state index contributed by atoms with van der Waals surface area (Å²) in [4.78, 5) is 11.3. The predicted octanol–water partition coefficient (Wildman–Crippen LogP) is 2.46. The molecular weight excluding hydrogens is 321 g/mol. The Bertz CT molecular complexity index is 605. The van der Waals surface area contributed by atoms with E-state index in [1.54, 1.807) is 25.1 Å². The maximum absolute atomic E-state index is 12.5. The van der Waals surface area contributed by atoms with E-state index < -0.39 is 20.8 Å². The summed E-state index contributed by atoms with van der Waals surface area (Å²) >= 11 is 12.2. The Morgan fingerprint density at radius 3 is 2.40 bits per heavy atom. The number of hydrogen-bond donors (Lipinski definition) is 0. The Kier molecular flexibility index (Phi) is 4.33. The lowest BCUT2D eigenvalue weighted by atomic mass is 9.94. The first-order chi connectivity index (χ1) is 9.37. The molecule has 0 N–H and O–H groups in total. The molecule has 4 nitrogen and oxygen atoms in total. The molecule has 1 aliphatic rings. The van der Waals surface area contributed by atoms with Crippen LogP contribution in [0.4, 0.5) is 0 Å². The summed E-state index contributed by atoms with van der Waals surface area (Å²) in [5, 5.41) is 0. The highest BCUT2D eigenvalue weighted by molar-refractivity contribution is 7.89. The van der Waals surface area contributed by atoms with Crippen LogP contribution in [0.1, 0.15) is 13.3 Å². The van der Waals surface area contributed by atoms with E-state index in [9.17, 15) is 13.2 Å². The van der Waals surface area contributed by atoms with E-state index >= 15 is 0 Å². The van der Waals surface area contributed by atoms with Crippen molar-refractivity contribution in [3.63, 3.8) is 0 Å². The molecule has 0 radical (unpaired) electrons. The van der Waals surface area contributed by atoms with Gasteiger partial charge >= 0.3 is 0 Å². The van der Waals surface area contributed by atoms with Crippen molar-refractivity contribution in [2.75, 3.05) is 12.4 Å². The molecule has 20 heavy (non-hydrogen) atoms. The van der Waals surface area contributed by atoms with E-state index in [-0.39, 0.29) is 23.2 Å². The SMILES string of the molecule is CCC1(Cl)C(=O)N(S(=O)(=O)c2ccccc2)CC1CCl. The second kappa shape index (κ2) is 5.54. The van der Waals surface area contributed by atoms with Gasteiger partial charge in [-0.05, 0) is 18.6 Å². The van der Waals surface area contributed by atoms with Gasteiger partial charge in [-0.1, -0.05) is 25.1 Å². The van der Waals surface area contributed by atoms with E-state index in [2.05, 4.69) is 0 Å². The van der Waals surface area contributed by atoms with Gasteiger partial charge in [0.05, 0.1) is 4.90 Å². The molecule has 1 aromatic rings. The Hall–Kier alpha value is -0.780. The van der Waals surface area contributed by atoms with Gasteiger partial charge in [-0.25, -0.2) is 12.7 Å². The minimum Gasteiger partial charge on any atom is -0.272 e. The number of alkyl halides is 2. The lowest BCUT2D eigenvalue weighted by Gasteiger charge is -2.22. The summed E-state index contributed by atoms with van der Waals surface area (Å²) in [6.07, 6.45) is 0.339. The predicted molar refractivity (Wildman–Crippen MR) is 78.4 cm³/mol. The average molecular weight is 336 g/mol. The summed E-state index contributed by atoms with van der Waals surface area (Å²) < 4.78 is 25.9. The highest BCUT2D eigenvalue weighted by Gasteiger charge is 2.54. The van der Waals surface area contributed by atoms with Crippen LogP contribution >= 0.6 is 23.2 Å². The molecule has 1 heterocycles. The molecule has 1 aromatic carbocycles. The topological polar surface area (TPSA) is 54.5 Å². The molecule has 2 unspecified atom stereocenters. The van der Waals surface area contributed by atoms with Crippen molar-refractivity contribution < 1.29 is 13.2 Å². The quantitative estimate of drug-likeness (QED) is 0.794. The van der Waals surface area contributed by atoms with Crippen LogP contribution in [0.15, 0.2) is 35.2 Å². The minimum atomic E-state index is -3.87. The van der Waals surface area contributed by atoms with Crippen molar-refractivity contribution in [3.8, 4) is 0 Å². The molecular formula is C13H15Cl2NO3S. The second-order valence-electron chi connectivity index (χ2n) is 4.72. The fourth-order valence-electron chi connectivity index (χ4n) is 2.35. The summed E-state index contributed by atoms with van der Waals surface area (Å²) in [6.45, 7) is 1.78. The zero-order valence-electron chi connectivity index (χ0n) is 10.9. The highest BCUT2D eigenvalue weighted by Crippen LogP contribution is 2.41. The molecule has 1 saturated heterocycles. The van der Waals surface area contributed by atoms with Crippen LogP contribution < -0.4 is 0 Å². The summed E-state index contributed by atoms with van der Waals surface area (Å²) in [5.41, 5.74) is 0. The third-order valence-electron chi connectivity index (χ3n) is 3.65. The fraction of sp³-hybridized carbons (Fsp3) is 0.462. The van der Waals surface area contributed by atoms with Gasteiger partial charge in [-0.15, -0.1) is 23.2 Å². The number of carbonyl (C=O) groups is 1. The van der Waals surface area contributed by atoms with Gasteiger partial charge in [0.25, 0.3) is 15.9 Å². The number of carbonyl (C=O) groups excluding carboxylic acids is 1. The van der Waals surface area contributed by atoms with Crippen LogP contribution in [0.5, 0.6) is 0 Å². The number of hydrogen-bond acceptors (Lipinski definition) is 3. The second-order valence-corrected chi connectivity index (χ2v) is 7.57. The number of halogens is 2. The normalized spacial score (nSPS) is 27.1. The zero-order chi connectivity index (χ0) is 15.0. The monoisotopic (exact) mass is 335 g/mol. The van der Waals surface area contributed by atoms with E-state index in [1.807, 2.05) is 0 Å². The largest absolute Gasteiger partial charge is 0.272 e. The Balaban J connectivity index is 2.43. The van der Waals surface area contributed by atoms with Crippen LogP contribution in [0.3, 0.4) is 0 Å². The first kappa shape index (κ1) is 15.6. The van der Waals surface area contributed by atoms with E-state index in [0.717, 1.165) is 4.31 Å². The van der Waals surface area contributed by atoms with E-state index in [4.69, 9.17) is 23.2 Å². The number of rotatable bonds is 4. The molecule has 2 atom stereocenters. The molecule has 7 heteroatoms. The van der Waals surface area contributed by atoms with Gasteiger partial charge in [-0.3, -0.25) is 4.79 Å². The van der Waals surface area contributed by atoms with Crippen molar-refractivity contribution in [2.24, 2.45) is 5.92 Å². The average Bonchev–Trinajstić information content (AvgIpc) is 2.73. The van der Waals surface area contributed by atoms with Gasteiger partial charge in [-0.2, -0.15) is 0 Å². The minimum absolute atomic E-state index is 0.0247. The molecule has 0 spiro atoms. The zero-order valence-corrected chi connectivity index (χ0v) is 13.2. The molecule has 0 saturated carbocycles. The van der Waals surface area contributed by atoms with Crippen LogP contribution in [-0.4, -0.2) is 35.9 Å². The molecule has 1 fully saturated rings. The Morgan fingerprint density at radius 1 is 1.35 bits per heavy atom. The number of sulfonamides is 1. The summed E-state index contributed by atoms with van der Waals surface area (Å²) in [7, 11) is -3.87. The van der Waals surface area contributed by atoms with Gasteiger partial charge < -0.3 is 0 Å². The molecule has 0 aliphatic carbocycles. The van der Waals surface area contributed by atoms with Gasteiger partial charge in [0.1, 0.15) is 4.87 Å². The maximum atomic E-state index is 12.5. The lowest BCUT2D eigenvalue weighted by Crippen LogP contribution is -2.40. The fourth-order valence-corrected chi connectivity index (χ4v) is 4.60. The molecule has 0 bridgehead atoms. The standard InChI is InChI=1S/C13H15Cl2NO3S/c1-2-13(15)10(8-14)9-16(12(13)17)20(18,19)11-6-4-3-5-7-11/h3-7,10H,2,8-9H2,1H3. The van der Waals surface area contributed by atoms with Crippen molar-refractivity contribution in [3.05, 3.63) is 30.3 Å². The Morgan fingerprint density at radius 2 is 1.95 bits per heavy atom. The number of nitrogens with zero attached hydrogens (tertiary/aromatic N) is 1. The van der Waals surface area contributed by atoms with Crippen molar-refractivity contribution in [2.45, 2.75) is 23.1 Å². The molecule has 2 rings (SSSR count). The Labute approximate surface area is 128 Å². The third-order valence-corrected chi connectivity index (χ3v) is 6.52. The summed E-state index contributed by atoms with van der Waals surface area (Å²) in [5.74, 6) is -0.831. The highest BCUT2D eigenvalue weighted by atomic mass is 35.5. The van der Waals surface area contributed by atoms with Crippen LogP contribution in [0.25, 0.3) is 0 Å². The van der Waals surface area contributed by atoms with Crippen LogP contribution in [0, 0.1) is 5.92 Å². The lowest BCUT2D eigenvalue weighted by molar-refractivity contribution is -0.126. The first-order valence-corrected chi connectivity index (χ1v) is 8.60. The molecule has 1 aliphatic heterocycles. The number of benzene rings is 1. The molecule has 0 aromatic heterocycles. The number of amides is 1. The van der Waals surface area contributed by atoms with E-state index in [0.29, 0.717) is 6.42 Å². The van der Waals surface area contributed by atoms with Crippen molar-refractivity contribution >= 4 is 39.1 Å². The maximum Gasteiger partial charge on any atom is 0.266 e. The van der Waals surface area contributed by atoms with Gasteiger partial charge in [0.15, 0.2) is 0 Å². The molecule has 1 amide bonds. The van der Waals surface area contributed by atoms with Crippen molar-refractivity contribution in [1.29, 1.82) is 0 Å².